The highest BCUT2D eigenvalue weighted by Crippen LogP contribution is 2.37. The minimum Gasteiger partial charge on any atom is -0.389 e. The maximum Gasteiger partial charge on any atom is 0.229 e. The van der Waals surface area contributed by atoms with Crippen LogP contribution in [0.25, 0.3) is 22.3 Å². The Morgan fingerprint density at radius 1 is 0.817 bits per heavy atom. The second kappa shape index (κ2) is 16.5. The number of nitrogens with zero attached hydrogens (tertiary/aromatic N) is 9. The van der Waals surface area contributed by atoms with Crippen LogP contribution in [0.5, 0.6) is 0 Å². The number of carbonyl (C=O) groups excluding carboxylic acids is 1. The monoisotopic (exact) mass is 837 g/mol. The fraction of sp³-hybridized carbons (Fsp3) is 0.439. The van der Waals surface area contributed by atoms with E-state index in [9.17, 15) is 25.2 Å². The minimum atomic E-state index is -1.18. The fourth-order valence-electron chi connectivity index (χ4n) is 8.95. The lowest BCUT2D eigenvalue weighted by molar-refractivity contribution is -0.122. The van der Waals surface area contributed by atoms with E-state index in [2.05, 4.69) is 60.1 Å². The summed E-state index contributed by atoms with van der Waals surface area (Å²) in [6, 6.07) is 18.0. The first-order chi connectivity index (χ1) is 29.1. The second-order valence-electron chi connectivity index (χ2n) is 16.0. The number of hydrogen-bond donors (Lipinski definition) is 8. The number of anilines is 3. The van der Waals surface area contributed by atoms with Crippen LogP contribution in [0.3, 0.4) is 0 Å². The zero-order chi connectivity index (χ0) is 41.7. The van der Waals surface area contributed by atoms with Crippen molar-refractivity contribution in [2.45, 2.75) is 93.1 Å². The van der Waals surface area contributed by atoms with Gasteiger partial charge in [-0.25, -0.2) is 9.97 Å². The van der Waals surface area contributed by atoms with E-state index in [0.29, 0.717) is 72.4 Å². The molecule has 2 aliphatic carbocycles. The summed E-state index contributed by atoms with van der Waals surface area (Å²) in [5.74, 6) is 1.15. The molecular weight excluding hydrogens is 790 g/mol. The first kappa shape index (κ1) is 39.9. The summed E-state index contributed by atoms with van der Waals surface area (Å²) in [7, 11) is 0. The van der Waals surface area contributed by atoms with E-state index in [0.717, 1.165) is 11.1 Å². The van der Waals surface area contributed by atoms with Crippen molar-refractivity contribution in [3.8, 4) is 0 Å². The van der Waals surface area contributed by atoms with Crippen molar-refractivity contribution in [3.05, 3.63) is 89.7 Å². The van der Waals surface area contributed by atoms with Gasteiger partial charge in [0.2, 0.25) is 17.1 Å². The molecule has 1 aliphatic heterocycles. The molecule has 6 aromatic rings. The Morgan fingerprint density at radius 2 is 1.43 bits per heavy atom. The van der Waals surface area contributed by atoms with Crippen LogP contribution in [0.2, 0.25) is 5.28 Å². The Bertz CT molecular complexity index is 2430. The van der Waals surface area contributed by atoms with Gasteiger partial charge in [0.25, 0.3) is 0 Å². The van der Waals surface area contributed by atoms with Gasteiger partial charge in [-0.1, -0.05) is 67.6 Å². The highest BCUT2D eigenvalue weighted by atomic mass is 35.5. The van der Waals surface area contributed by atoms with Crippen LogP contribution in [0.15, 0.2) is 73.3 Å². The van der Waals surface area contributed by atoms with Gasteiger partial charge in [-0.2, -0.15) is 19.9 Å². The highest BCUT2D eigenvalue weighted by Gasteiger charge is 2.44. The number of halogens is 1. The third-order valence-corrected chi connectivity index (χ3v) is 12.4. The molecule has 2 saturated carbocycles. The standard InChI is InChI=1S/C41H48ClN13O5/c1-2-29(56)48-26-16-28(35(60)33(26)58)55-19-45-30-36(44-17-24(21-9-5-3-6-10-21)22-11-7-4-8-12-22)50-41(52-39(30)55)53-14-13-23(18-53)47-37-31-38(51-40(42)49-37)54(20-46-31)27-15-25(43)32(57)34(27)59/h3-12,19-20,23-28,32-35,57-60H,2,13-18,43H2,1H3,(H,48,56)(H,44,50,52)(H,47,49,51)/t23?,25-,26-,27+,28+,32+,33+,34-,35-/m0/s1. The van der Waals surface area contributed by atoms with Crippen LogP contribution >= 0.6 is 11.6 Å². The van der Waals surface area contributed by atoms with Crippen molar-refractivity contribution in [3.63, 3.8) is 0 Å². The van der Waals surface area contributed by atoms with E-state index in [1.54, 1.807) is 28.7 Å². The molecule has 9 atom stereocenters. The predicted octanol–water partition coefficient (Wildman–Crippen LogP) is 2.11. The van der Waals surface area contributed by atoms with Crippen LogP contribution in [0, 0.1) is 0 Å². The molecule has 0 spiro atoms. The number of aliphatic hydroxyl groups excluding tert-OH is 4. The van der Waals surface area contributed by atoms with Crippen molar-refractivity contribution < 1.29 is 25.2 Å². The molecule has 19 heteroatoms. The van der Waals surface area contributed by atoms with Gasteiger partial charge in [-0.15, -0.1) is 0 Å². The number of nitrogens with one attached hydrogen (secondary N) is 3. The first-order valence-electron chi connectivity index (χ1n) is 20.3. The summed E-state index contributed by atoms with van der Waals surface area (Å²) in [4.78, 5) is 42.7. The Morgan fingerprint density at radius 3 is 2.07 bits per heavy atom. The summed E-state index contributed by atoms with van der Waals surface area (Å²) in [6.45, 7) is 3.30. The van der Waals surface area contributed by atoms with Crippen molar-refractivity contribution >= 4 is 57.4 Å². The molecule has 0 radical (unpaired) electrons. The number of nitrogens with two attached hydrogens (primary N) is 1. The van der Waals surface area contributed by atoms with E-state index in [1.165, 1.54) is 0 Å². The Balaban J connectivity index is 1.02. The minimum absolute atomic E-state index is 0.00303. The Hall–Kier alpha value is -5.50. The van der Waals surface area contributed by atoms with E-state index >= 15 is 0 Å². The molecule has 3 aliphatic rings. The molecule has 9 rings (SSSR count). The molecule has 1 unspecified atom stereocenters. The van der Waals surface area contributed by atoms with Gasteiger partial charge in [0, 0.05) is 44.1 Å². The average Bonchev–Trinajstić information content (AvgIpc) is 4.10. The van der Waals surface area contributed by atoms with Crippen LogP contribution in [0.1, 0.15) is 61.7 Å². The number of imidazole rings is 2. The first-order valence-corrected chi connectivity index (χ1v) is 20.7. The fourth-order valence-corrected chi connectivity index (χ4v) is 9.11. The van der Waals surface area contributed by atoms with Gasteiger partial charge < -0.3 is 56.1 Å². The number of carbonyl (C=O) groups is 1. The molecule has 4 aromatic heterocycles. The van der Waals surface area contributed by atoms with Crippen molar-refractivity contribution in [2.75, 3.05) is 35.2 Å². The number of aliphatic hydroxyl groups is 4. The molecule has 2 aromatic carbocycles. The molecule has 3 fully saturated rings. The summed E-state index contributed by atoms with van der Waals surface area (Å²) in [5.41, 5.74) is 10.2. The summed E-state index contributed by atoms with van der Waals surface area (Å²) < 4.78 is 3.47. The number of fused-ring (bicyclic) bond motifs is 2. The molecule has 5 heterocycles. The van der Waals surface area contributed by atoms with Crippen molar-refractivity contribution in [1.82, 2.24) is 44.4 Å². The van der Waals surface area contributed by atoms with Gasteiger partial charge >= 0.3 is 0 Å². The number of hydrogen-bond acceptors (Lipinski definition) is 15. The highest BCUT2D eigenvalue weighted by molar-refractivity contribution is 6.28. The van der Waals surface area contributed by atoms with Crippen molar-refractivity contribution in [2.24, 2.45) is 5.73 Å². The SMILES string of the molecule is CCC(=O)N[C@H]1C[C@@H](n2cnc3c(NCC(c4ccccc4)c4ccccc4)nc(N4CCC(Nc5nc(Cl)nc6c5ncn6[C@@H]5C[C@H](N)[C@@H](O)[C@H]5O)C4)nc32)[C@H](O)[C@@H]1O. The quantitative estimate of drug-likeness (QED) is 0.0823. The number of aromatic nitrogens is 8. The Kier molecular flexibility index (Phi) is 11.0. The molecular formula is C41H48ClN13O5. The van der Waals surface area contributed by atoms with Crippen LogP contribution in [0.4, 0.5) is 17.6 Å². The third-order valence-electron chi connectivity index (χ3n) is 12.2. The lowest BCUT2D eigenvalue weighted by Crippen LogP contribution is -2.42. The average molecular weight is 838 g/mol. The summed E-state index contributed by atoms with van der Waals surface area (Å²) in [5, 5.41) is 53.3. The number of rotatable bonds is 12. The third kappa shape index (κ3) is 7.47. The van der Waals surface area contributed by atoms with Gasteiger partial charge in [0.15, 0.2) is 34.0 Å². The predicted molar refractivity (Wildman–Crippen MR) is 225 cm³/mol. The molecule has 0 bridgehead atoms. The molecule has 1 saturated heterocycles. The van der Waals surface area contributed by atoms with E-state index in [-0.39, 0.29) is 36.0 Å². The van der Waals surface area contributed by atoms with E-state index in [1.807, 2.05) is 36.4 Å². The maximum atomic E-state index is 12.3. The largest absolute Gasteiger partial charge is 0.389 e. The second-order valence-corrected chi connectivity index (χ2v) is 16.3. The normalized spacial score (nSPS) is 26.7. The van der Waals surface area contributed by atoms with Crippen LogP contribution in [-0.2, 0) is 4.79 Å². The molecule has 60 heavy (non-hydrogen) atoms. The zero-order valence-corrected chi connectivity index (χ0v) is 33.6. The zero-order valence-electron chi connectivity index (χ0n) is 32.8. The van der Waals surface area contributed by atoms with Gasteiger partial charge in [0.1, 0.15) is 18.3 Å². The topological polar surface area (TPSA) is 251 Å². The summed E-state index contributed by atoms with van der Waals surface area (Å²) >= 11 is 6.44. The van der Waals surface area contributed by atoms with E-state index < -0.39 is 48.6 Å². The van der Waals surface area contributed by atoms with Crippen LogP contribution in [-0.4, -0.2) is 128 Å². The van der Waals surface area contributed by atoms with E-state index in [4.69, 9.17) is 32.3 Å². The van der Waals surface area contributed by atoms with Gasteiger partial charge in [0.05, 0.1) is 36.9 Å². The van der Waals surface area contributed by atoms with Crippen molar-refractivity contribution in [1.29, 1.82) is 0 Å². The summed E-state index contributed by atoms with van der Waals surface area (Å²) in [6.07, 6.45) is 0.208. The Labute approximate surface area is 349 Å². The molecule has 314 valence electrons. The van der Waals surface area contributed by atoms with Gasteiger partial charge in [-0.05, 0) is 42.0 Å². The molecule has 1 amide bonds. The lowest BCUT2D eigenvalue weighted by atomic mass is 9.91. The molecule has 18 nitrogen and oxygen atoms in total. The smallest absolute Gasteiger partial charge is 0.229 e. The lowest BCUT2D eigenvalue weighted by Gasteiger charge is -2.22. The molecule has 9 N–H and O–H groups in total. The number of benzene rings is 2. The maximum absolute atomic E-state index is 12.3. The van der Waals surface area contributed by atoms with Gasteiger partial charge in [-0.3, -0.25) is 4.79 Å². The van der Waals surface area contributed by atoms with Crippen LogP contribution < -0.4 is 26.6 Å². The number of amides is 1.